The van der Waals surface area contributed by atoms with Crippen molar-refractivity contribution in [1.82, 2.24) is 9.55 Å². The van der Waals surface area contributed by atoms with Crippen LogP contribution in [0.2, 0.25) is 5.02 Å². The third-order valence-corrected chi connectivity index (χ3v) is 4.87. The maximum absolute atomic E-state index is 14.0. The normalized spacial score (nSPS) is 11.3. The number of hydrogen-bond acceptors (Lipinski definition) is 2. The van der Waals surface area contributed by atoms with Crippen molar-refractivity contribution in [3.63, 3.8) is 0 Å². The Hall–Kier alpha value is -2.92. The van der Waals surface area contributed by atoms with Crippen LogP contribution >= 0.6 is 11.6 Å². The van der Waals surface area contributed by atoms with Gasteiger partial charge in [-0.15, -0.1) is 0 Å². The molecule has 0 saturated heterocycles. The number of halogens is 2. The van der Waals surface area contributed by atoms with Crippen LogP contribution in [0.1, 0.15) is 5.69 Å². The second-order valence-electron chi connectivity index (χ2n) is 6.10. The smallest absolute Gasteiger partial charge is 0.323 e. The number of benzene rings is 2. The number of carbonyl (C=O) groups is 1. The molecule has 0 radical (unpaired) electrons. The first kappa shape index (κ1) is 16.5. The molecule has 26 heavy (non-hydrogen) atoms. The quantitative estimate of drug-likeness (QED) is 0.551. The molecule has 2 aromatic carbocycles. The van der Waals surface area contributed by atoms with Gasteiger partial charge < -0.3 is 9.67 Å². The van der Waals surface area contributed by atoms with E-state index >= 15 is 0 Å². The van der Waals surface area contributed by atoms with Crippen molar-refractivity contribution in [2.24, 2.45) is 0 Å². The Kier molecular flexibility index (Phi) is 3.89. The van der Waals surface area contributed by atoms with Gasteiger partial charge in [0.25, 0.3) is 0 Å². The highest BCUT2D eigenvalue weighted by atomic mass is 35.5. The zero-order valence-electron chi connectivity index (χ0n) is 13.8. The van der Waals surface area contributed by atoms with Crippen LogP contribution in [0.4, 0.5) is 4.39 Å². The van der Waals surface area contributed by atoms with Gasteiger partial charge in [-0.3, -0.25) is 9.78 Å². The fourth-order valence-corrected chi connectivity index (χ4v) is 3.71. The minimum absolute atomic E-state index is 0.197. The molecular formula is C20H14ClFN2O2. The molecule has 1 N–H and O–H groups in total. The first-order valence-electron chi connectivity index (χ1n) is 8.01. The Bertz CT molecular complexity index is 1180. The number of carboxylic acid groups (broad SMARTS) is 1. The number of hydrogen-bond donors (Lipinski definition) is 1. The van der Waals surface area contributed by atoms with Crippen molar-refractivity contribution in [3.8, 4) is 11.1 Å². The van der Waals surface area contributed by atoms with Gasteiger partial charge in [-0.25, -0.2) is 4.39 Å². The van der Waals surface area contributed by atoms with Gasteiger partial charge in [0.05, 0.1) is 10.5 Å². The molecule has 0 aliphatic heterocycles. The molecule has 0 atom stereocenters. The minimum Gasteiger partial charge on any atom is -0.480 e. The highest BCUT2D eigenvalue weighted by Gasteiger charge is 2.19. The van der Waals surface area contributed by atoms with Crippen LogP contribution in [-0.4, -0.2) is 20.6 Å². The summed E-state index contributed by atoms with van der Waals surface area (Å²) < 4.78 is 15.6. The van der Waals surface area contributed by atoms with Gasteiger partial charge in [0.1, 0.15) is 12.4 Å². The summed E-state index contributed by atoms with van der Waals surface area (Å²) in [6.45, 7) is 1.64. The second-order valence-corrected chi connectivity index (χ2v) is 6.50. The van der Waals surface area contributed by atoms with Crippen LogP contribution in [0.15, 0.2) is 48.7 Å². The van der Waals surface area contributed by atoms with Gasteiger partial charge >= 0.3 is 5.97 Å². The molecule has 0 unspecified atom stereocenters. The van der Waals surface area contributed by atoms with Gasteiger partial charge in [-0.1, -0.05) is 23.7 Å². The summed E-state index contributed by atoms with van der Waals surface area (Å²) in [5.41, 5.74) is 3.71. The van der Waals surface area contributed by atoms with E-state index in [0.29, 0.717) is 21.4 Å². The summed E-state index contributed by atoms with van der Waals surface area (Å²) in [6, 6.07) is 11.7. The number of pyridine rings is 1. The Morgan fingerprint density at radius 2 is 2.04 bits per heavy atom. The average molecular weight is 369 g/mol. The summed E-state index contributed by atoms with van der Waals surface area (Å²) in [6.07, 6.45) is 1.66. The number of fused-ring (bicyclic) bond motifs is 2. The second kappa shape index (κ2) is 6.11. The molecule has 130 valence electrons. The highest BCUT2D eigenvalue weighted by Crippen LogP contribution is 2.39. The molecule has 0 aliphatic rings. The number of rotatable bonds is 3. The lowest BCUT2D eigenvalue weighted by Gasteiger charge is -2.09. The van der Waals surface area contributed by atoms with Crippen molar-refractivity contribution in [2.45, 2.75) is 13.5 Å². The van der Waals surface area contributed by atoms with Gasteiger partial charge in [-0.2, -0.15) is 0 Å². The zero-order valence-corrected chi connectivity index (χ0v) is 14.6. The van der Waals surface area contributed by atoms with Crippen LogP contribution < -0.4 is 0 Å². The van der Waals surface area contributed by atoms with Gasteiger partial charge in [-0.05, 0) is 42.8 Å². The van der Waals surface area contributed by atoms with Gasteiger partial charge in [0, 0.05) is 33.7 Å². The third-order valence-electron chi connectivity index (χ3n) is 4.57. The lowest BCUT2D eigenvalue weighted by molar-refractivity contribution is -0.137. The van der Waals surface area contributed by atoms with Crippen LogP contribution in [0.25, 0.3) is 32.9 Å². The maximum atomic E-state index is 14.0. The average Bonchev–Trinajstić information content (AvgIpc) is 2.86. The number of aliphatic carboxylic acids is 1. The van der Waals surface area contributed by atoms with E-state index in [9.17, 15) is 14.3 Å². The highest BCUT2D eigenvalue weighted by molar-refractivity contribution is 6.35. The van der Waals surface area contributed by atoms with Crippen molar-refractivity contribution < 1.29 is 14.3 Å². The molecule has 4 nitrogen and oxygen atoms in total. The van der Waals surface area contributed by atoms with E-state index in [1.54, 1.807) is 22.9 Å². The lowest BCUT2D eigenvalue weighted by Crippen LogP contribution is -2.09. The molecular weight excluding hydrogens is 355 g/mol. The molecule has 4 aromatic rings. The Balaban J connectivity index is 2.13. The zero-order chi connectivity index (χ0) is 18.4. The summed E-state index contributed by atoms with van der Waals surface area (Å²) >= 11 is 6.27. The topological polar surface area (TPSA) is 55.1 Å². The predicted octanol–water partition coefficient (Wildman–Crippen LogP) is 5.04. The minimum atomic E-state index is -0.955. The van der Waals surface area contributed by atoms with Crippen molar-refractivity contribution in [1.29, 1.82) is 0 Å². The Morgan fingerprint density at radius 3 is 2.81 bits per heavy atom. The molecule has 0 saturated carbocycles. The molecule has 0 amide bonds. The van der Waals surface area contributed by atoms with Crippen molar-refractivity contribution >= 4 is 39.4 Å². The van der Waals surface area contributed by atoms with E-state index in [0.717, 1.165) is 22.2 Å². The molecule has 2 aromatic heterocycles. The lowest BCUT2D eigenvalue weighted by atomic mass is 9.98. The molecule has 2 heterocycles. The first-order chi connectivity index (χ1) is 12.5. The van der Waals surface area contributed by atoms with Gasteiger partial charge in [0.15, 0.2) is 0 Å². The van der Waals surface area contributed by atoms with Gasteiger partial charge in [0.2, 0.25) is 0 Å². The Morgan fingerprint density at radius 1 is 1.23 bits per heavy atom. The first-order valence-corrected chi connectivity index (χ1v) is 8.39. The fourth-order valence-electron chi connectivity index (χ4n) is 3.49. The standard InChI is InChI=1S/C20H14ClFN2O2/c1-11-19(13-7-8-23-20-14(13)3-2-4-16(20)21)15-9-12(22)5-6-17(15)24(11)10-18(25)26/h2-9H,10H2,1H3,(H,25,26). The Labute approximate surface area is 153 Å². The summed E-state index contributed by atoms with van der Waals surface area (Å²) in [7, 11) is 0. The number of carboxylic acids is 1. The maximum Gasteiger partial charge on any atom is 0.323 e. The number of nitrogens with zero attached hydrogens (tertiary/aromatic N) is 2. The van der Waals surface area contributed by atoms with E-state index in [1.807, 2.05) is 25.1 Å². The fraction of sp³-hybridized carbons (Fsp3) is 0.100. The molecule has 0 aliphatic carbocycles. The molecule has 0 spiro atoms. The van der Waals surface area contributed by atoms with Crippen LogP contribution in [0.5, 0.6) is 0 Å². The van der Waals surface area contributed by atoms with Crippen LogP contribution in [-0.2, 0) is 11.3 Å². The van der Waals surface area contributed by atoms with E-state index < -0.39 is 5.97 Å². The van der Waals surface area contributed by atoms with E-state index in [4.69, 9.17) is 11.6 Å². The monoisotopic (exact) mass is 368 g/mol. The van der Waals surface area contributed by atoms with Crippen LogP contribution in [0, 0.1) is 12.7 Å². The van der Waals surface area contributed by atoms with Crippen molar-refractivity contribution in [3.05, 3.63) is 65.2 Å². The molecule has 0 bridgehead atoms. The SMILES string of the molecule is Cc1c(-c2ccnc3c(Cl)cccc23)c2cc(F)ccc2n1CC(=O)O. The summed E-state index contributed by atoms with van der Waals surface area (Å²) in [5.74, 6) is -1.33. The van der Waals surface area contributed by atoms with E-state index in [-0.39, 0.29) is 12.4 Å². The van der Waals surface area contributed by atoms with E-state index in [1.165, 1.54) is 12.1 Å². The van der Waals surface area contributed by atoms with E-state index in [2.05, 4.69) is 4.98 Å². The summed E-state index contributed by atoms with van der Waals surface area (Å²) in [4.78, 5) is 15.7. The number of aromatic nitrogens is 2. The number of para-hydroxylation sites is 1. The summed E-state index contributed by atoms with van der Waals surface area (Å²) in [5, 5.41) is 11.3. The molecule has 6 heteroatoms. The van der Waals surface area contributed by atoms with Crippen LogP contribution in [0.3, 0.4) is 0 Å². The third kappa shape index (κ3) is 2.52. The largest absolute Gasteiger partial charge is 0.480 e. The molecule has 0 fully saturated rings. The molecule has 4 rings (SSSR count). The van der Waals surface area contributed by atoms with Crippen molar-refractivity contribution in [2.75, 3.05) is 0 Å². The predicted molar refractivity (Wildman–Crippen MR) is 100 cm³/mol.